The molecule has 5 aliphatic heterocycles. The molecule has 8 rings (SSSR count). The number of hydrazone groups is 2. The predicted octanol–water partition coefficient (Wildman–Crippen LogP) is 4.79. The molecule has 12 nitrogen and oxygen atoms in total. The third-order valence-corrected chi connectivity index (χ3v) is 11.6. The Morgan fingerprint density at radius 3 is 1.96 bits per heavy atom. The summed E-state index contributed by atoms with van der Waals surface area (Å²) < 4.78 is 15.3. The lowest BCUT2D eigenvalue weighted by Crippen LogP contribution is -2.67. The molecule has 0 bridgehead atoms. The van der Waals surface area contributed by atoms with Crippen LogP contribution in [0.4, 0.5) is 17.1 Å². The Morgan fingerprint density at radius 1 is 0.830 bits per heavy atom. The number of thioether (sulfide) groups is 1. The van der Waals surface area contributed by atoms with Crippen LogP contribution in [-0.2, 0) is 28.6 Å². The summed E-state index contributed by atoms with van der Waals surface area (Å²) in [6, 6.07) is 20.1. The van der Waals surface area contributed by atoms with E-state index in [9.17, 15) is 14.4 Å². The molecule has 240 valence electrons. The maximum atomic E-state index is 14.5. The van der Waals surface area contributed by atoms with Crippen molar-refractivity contribution in [2.45, 2.75) is 21.8 Å². The highest BCUT2D eigenvalue weighted by atomic mass is 35.5. The summed E-state index contributed by atoms with van der Waals surface area (Å²) in [7, 11) is 2.53. The predicted molar refractivity (Wildman–Crippen MR) is 178 cm³/mol. The van der Waals surface area contributed by atoms with Crippen molar-refractivity contribution in [1.82, 2.24) is 5.01 Å². The van der Waals surface area contributed by atoms with Crippen LogP contribution in [0.5, 0.6) is 0 Å². The Bertz CT molecular complexity index is 1900. The van der Waals surface area contributed by atoms with Crippen molar-refractivity contribution in [3.05, 3.63) is 87.9 Å². The molecule has 47 heavy (non-hydrogen) atoms. The Morgan fingerprint density at radius 2 is 1.38 bits per heavy atom. The lowest BCUT2D eigenvalue weighted by Gasteiger charge is -2.41. The van der Waals surface area contributed by atoms with Crippen molar-refractivity contribution < 1.29 is 28.6 Å². The quantitative estimate of drug-likeness (QED) is 0.269. The van der Waals surface area contributed by atoms with Crippen LogP contribution in [-0.4, -0.2) is 77.1 Å². The first-order valence-corrected chi connectivity index (χ1v) is 16.3. The van der Waals surface area contributed by atoms with Crippen LogP contribution in [0.2, 0.25) is 15.1 Å². The van der Waals surface area contributed by atoms with E-state index in [1.165, 1.54) is 31.0 Å². The highest BCUT2D eigenvalue weighted by Gasteiger charge is 2.88. The van der Waals surface area contributed by atoms with Gasteiger partial charge in [-0.2, -0.15) is 5.10 Å². The van der Waals surface area contributed by atoms with E-state index in [0.29, 0.717) is 32.1 Å². The summed E-state index contributed by atoms with van der Waals surface area (Å²) in [5.74, 6) is -2.88. The highest BCUT2D eigenvalue weighted by Crippen LogP contribution is 2.68. The molecule has 2 spiro atoms. The summed E-state index contributed by atoms with van der Waals surface area (Å²) in [6.45, 7) is -0.0776. The first-order valence-electron chi connectivity index (χ1n) is 14.3. The zero-order valence-electron chi connectivity index (χ0n) is 24.5. The van der Waals surface area contributed by atoms with E-state index in [1.54, 1.807) is 82.8 Å². The second kappa shape index (κ2) is 10.7. The molecule has 3 aromatic carbocycles. The third kappa shape index (κ3) is 3.94. The van der Waals surface area contributed by atoms with Crippen LogP contribution in [0.1, 0.15) is 0 Å². The van der Waals surface area contributed by atoms with Crippen LogP contribution in [0.15, 0.2) is 83.0 Å². The van der Waals surface area contributed by atoms with Crippen molar-refractivity contribution in [1.29, 1.82) is 0 Å². The van der Waals surface area contributed by atoms with E-state index >= 15 is 0 Å². The Hall–Kier alpha value is -4.17. The number of fused-ring (bicyclic) bond motifs is 2. The van der Waals surface area contributed by atoms with Gasteiger partial charge in [0.1, 0.15) is 16.7 Å². The molecule has 16 heteroatoms. The standard InChI is InChI=1S/C31H23Cl3N6O6S/c1-44-27(41)23-22-24-30(47-26(22)37(35-23)19-9-3-16(32)4-10-19)15-46-29(43)31(30)39(21-13-7-18(34)8-14-21)36-25(28(42)45-2)40(31)38(24)20-11-5-17(33)6-12-20/h3-14,22,24,26H,15H2,1-2H3/t22-,24-,26+,30+,31-/m1/s1. The van der Waals surface area contributed by atoms with Crippen molar-refractivity contribution >= 4 is 93.1 Å². The fourth-order valence-electron chi connectivity index (χ4n) is 7.20. The molecule has 0 aromatic heterocycles. The molecule has 0 saturated carbocycles. The number of hydrazine groups is 1. The molecule has 3 fully saturated rings. The van der Waals surface area contributed by atoms with E-state index in [1.807, 2.05) is 5.01 Å². The van der Waals surface area contributed by atoms with Crippen LogP contribution in [0.3, 0.4) is 0 Å². The van der Waals surface area contributed by atoms with Gasteiger partial charge in [0, 0.05) is 15.1 Å². The zero-order valence-corrected chi connectivity index (χ0v) is 27.6. The monoisotopic (exact) mass is 712 g/mol. The van der Waals surface area contributed by atoms with E-state index in [4.69, 9.17) is 59.2 Å². The molecule has 0 aliphatic carbocycles. The Kier molecular flexibility index (Phi) is 6.85. The number of ether oxygens (including phenoxy) is 3. The van der Waals surface area contributed by atoms with Gasteiger partial charge in [-0.25, -0.2) is 24.4 Å². The van der Waals surface area contributed by atoms with Crippen LogP contribution in [0, 0.1) is 5.92 Å². The summed E-state index contributed by atoms with van der Waals surface area (Å²) in [5.41, 5.74) is 0.115. The average molecular weight is 714 g/mol. The number of carbonyl (C=O) groups is 3. The number of rotatable bonds is 5. The number of halogens is 3. The van der Waals surface area contributed by atoms with Gasteiger partial charge < -0.3 is 14.2 Å². The first kappa shape index (κ1) is 30.2. The average Bonchev–Trinajstić information content (AvgIpc) is 3.83. The van der Waals surface area contributed by atoms with Crippen molar-refractivity contribution in [2.75, 3.05) is 35.9 Å². The van der Waals surface area contributed by atoms with Gasteiger partial charge in [-0.1, -0.05) is 34.8 Å². The summed E-state index contributed by atoms with van der Waals surface area (Å²) in [4.78, 5) is 41.6. The Labute approximate surface area is 287 Å². The SMILES string of the molecule is COC(=O)C1=NN(c2ccc(Cl)cc2)[C@H]2S[C@]34COC(=O)[C@]35N(c3ccc(Cl)cc3)N=C(C(=O)OC)N5N(c3ccc(Cl)cc3)[C@@H]4[C@@H]12. The normalized spacial score (nSPS) is 28.4. The summed E-state index contributed by atoms with van der Waals surface area (Å²) in [5, 5.41) is 17.1. The number of benzene rings is 3. The smallest absolute Gasteiger partial charge is 0.377 e. The van der Waals surface area contributed by atoms with Crippen LogP contribution in [0.25, 0.3) is 0 Å². The second-order valence-corrected chi connectivity index (χ2v) is 14.0. The number of cyclic esters (lactones) is 1. The molecule has 5 heterocycles. The lowest BCUT2D eigenvalue weighted by molar-refractivity contribution is -0.145. The lowest BCUT2D eigenvalue weighted by atomic mass is 9.80. The van der Waals surface area contributed by atoms with E-state index < -0.39 is 45.7 Å². The van der Waals surface area contributed by atoms with Gasteiger partial charge in [-0.05, 0) is 72.8 Å². The van der Waals surface area contributed by atoms with Gasteiger partial charge in [-0.15, -0.1) is 16.9 Å². The molecule has 3 saturated heterocycles. The summed E-state index contributed by atoms with van der Waals surface area (Å²) >= 11 is 20.2. The number of amidine groups is 1. The third-order valence-electron chi connectivity index (χ3n) is 9.02. The molecule has 0 radical (unpaired) electrons. The van der Waals surface area contributed by atoms with Gasteiger partial charge in [-0.3, -0.25) is 10.0 Å². The number of methoxy groups -OCH3 is 2. The minimum atomic E-state index is -1.75. The number of hydrogen-bond acceptors (Lipinski definition) is 13. The van der Waals surface area contributed by atoms with Crippen molar-refractivity contribution in [3.8, 4) is 0 Å². The molecule has 0 amide bonds. The molecule has 0 unspecified atom stereocenters. The minimum absolute atomic E-state index is 0.0776. The van der Waals surface area contributed by atoms with Gasteiger partial charge in [0.25, 0.3) is 11.5 Å². The van der Waals surface area contributed by atoms with Gasteiger partial charge in [0.2, 0.25) is 0 Å². The molecule has 5 atom stereocenters. The number of esters is 3. The molecule has 0 N–H and O–H groups in total. The van der Waals surface area contributed by atoms with E-state index in [-0.39, 0.29) is 18.2 Å². The van der Waals surface area contributed by atoms with Gasteiger partial charge in [0.05, 0.1) is 43.2 Å². The zero-order chi connectivity index (χ0) is 32.8. The van der Waals surface area contributed by atoms with E-state index in [2.05, 4.69) is 0 Å². The minimum Gasteiger partial charge on any atom is -0.464 e. The maximum Gasteiger partial charge on any atom is 0.377 e. The van der Waals surface area contributed by atoms with Gasteiger partial charge >= 0.3 is 17.9 Å². The number of hydrogen-bond donors (Lipinski definition) is 0. The fourth-order valence-corrected chi connectivity index (χ4v) is 9.63. The van der Waals surface area contributed by atoms with Crippen molar-refractivity contribution in [2.24, 2.45) is 16.1 Å². The molecular weight excluding hydrogens is 691 g/mol. The maximum absolute atomic E-state index is 14.5. The van der Waals surface area contributed by atoms with Crippen LogP contribution >= 0.6 is 46.6 Å². The largest absolute Gasteiger partial charge is 0.464 e. The Balaban J connectivity index is 1.41. The van der Waals surface area contributed by atoms with Crippen LogP contribution < -0.4 is 15.0 Å². The van der Waals surface area contributed by atoms with Gasteiger partial charge in [0.15, 0.2) is 5.71 Å². The number of carbonyl (C=O) groups excluding carboxylic acids is 3. The topological polar surface area (TPSA) is 117 Å². The van der Waals surface area contributed by atoms with E-state index in [0.717, 1.165) is 0 Å². The number of nitrogens with zero attached hydrogens (tertiary/aromatic N) is 6. The molecular formula is C31H23Cl3N6O6S. The first-order chi connectivity index (χ1) is 22.7. The summed E-state index contributed by atoms with van der Waals surface area (Å²) in [6.07, 6.45) is 0. The second-order valence-electron chi connectivity index (χ2n) is 11.3. The fraction of sp³-hybridized carbons (Fsp3) is 0.258. The molecule has 3 aromatic rings. The highest BCUT2D eigenvalue weighted by molar-refractivity contribution is 8.02. The van der Waals surface area contributed by atoms with Crippen molar-refractivity contribution in [3.63, 3.8) is 0 Å². The molecule has 5 aliphatic rings. The number of anilines is 3.